The minimum absolute atomic E-state index is 0.0218. The molecule has 1 aliphatic heterocycles. The summed E-state index contributed by atoms with van der Waals surface area (Å²) in [6, 6.07) is 7.63. The Morgan fingerprint density at radius 1 is 1.22 bits per heavy atom. The van der Waals surface area contributed by atoms with Crippen LogP contribution in [0.25, 0.3) is 0 Å². The Hall–Kier alpha value is -2.43. The van der Waals surface area contributed by atoms with Crippen molar-refractivity contribution < 1.29 is 18.7 Å². The Morgan fingerprint density at radius 3 is 2.65 bits per heavy atom. The molecule has 1 fully saturated rings. The predicted octanol–water partition coefficient (Wildman–Crippen LogP) is 3.58. The molecule has 1 aromatic carbocycles. The van der Waals surface area contributed by atoms with Crippen molar-refractivity contribution in [1.82, 2.24) is 4.90 Å². The van der Waals surface area contributed by atoms with E-state index in [9.17, 15) is 4.79 Å². The molecular weight excluding hydrogens is 294 g/mol. The van der Waals surface area contributed by atoms with E-state index in [1.165, 1.54) is 0 Å². The molecule has 3 rings (SSSR count). The van der Waals surface area contributed by atoms with Crippen molar-refractivity contribution in [2.75, 3.05) is 20.8 Å². The molecule has 0 radical (unpaired) electrons. The van der Waals surface area contributed by atoms with Crippen LogP contribution >= 0.6 is 0 Å². The topological polar surface area (TPSA) is 51.9 Å². The van der Waals surface area contributed by atoms with E-state index < -0.39 is 0 Å². The number of carbonyl (C=O) groups is 1. The fourth-order valence-corrected chi connectivity index (χ4v) is 3.18. The number of rotatable bonds is 4. The molecule has 0 aliphatic carbocycles. The molecule has 1 aliphatic rings. The Kier molecular flexibility index (Phi) is 4.28. The van der Waals surface area contributed by atoms with E-state index in [0.29, 0.717) is 22.8 Å². The molecule has 2 heterocycles. The quantitative estimate of drug-likeness (QED) is 0.865. The van der Waals surface area contributed by atoms with Crippen LogP contribution in [0.2, 0.25) is 0 Å². The number of carbonyl (C=O) groups excluding carboxylic acids is 1. The molecule has 0 N–H and O–H groups in total. The Morgan fingerprint density at radius 2 is 2.00 bits per heavy atom. The lowest BCUT2D eigenvalue weighted by molar-refractivity contribution is 0.0733. The lowest BCUT2D eigenvalue weighted by Crippen LogP contribution is -2.30. The maximum atomic E-state index is 12.8. The molecule has 1 amide bonds. The highest BCUT2D eigenvalue weighted by atomic mass is 16.5. The average molecular weight is 315 g/mol. The van der Waals surface area contributed by atoms with Gasteiger partial charge in [-0.25, -0.2) is 0 Å². The predicted molar refractivity (Wildman–Crippen MR) is 86.0 cm³/mol. The van der Waals surface area contributed by atoms with Crippen LogP contribution in [0, 0.1) is 6.92 Å². The van der Waals surface area contributed by atoms with Crippen LogP contribution in [0.3, 0.4) is 0 Å². The second kappa shape index (κ2) is 6.36. The highest BCUT2D eigenvalue weighted by Gasteiger charge is 2.32. The van der Waals surface area contributed by atoms with Gasteiger partial charge in [-0.1, -0.05) is 6.07 Å². The molecule has 5 nitrogen and oxygen atoms in total. The largest absolute Gasteiger partial charge is 0.493 e. The van der Waals surface area contributed by atoms with Crippen molar-refractivity contribution in [1.29, 1.82) is 0 Å². The molecule has 2 aromatic rings. The van der Waals surface area contributed by atoms with Crippen molar-refractivity contribution in [2.45, 2.75) is 25.8 Å². The number of ether oxygens (including phenoxy) is 2. The lowest BCUT2D eigenvalue weighted by Gasteiger charge is -2.25. The second-order valence-electron chi connectivity index (χ2n) is 5.66. The molecule has 1 saturated heterocycles. The van der Waals surface area contributed by atoms with E-state index in [2.05, 4.69) is 0 Å². The molecule has 0 unspecified atom stereocenters. The normalized spacial score (nSPS) is 17.3. The summed E-state index contributed by atoms with van der Waals surface area (Å²) in [5.41, 5.74) is 1.70. The Balaban J connectivity index is 1.90. The van der Waals surface area contributed by atoms with E-state index in [4.69, 9.17) is 13.9 Å². The van der Waals surface area contributed by atoms with Gasteiger partial charge < -0.3 is 18.8 Å². The summed E-state index contributed by atoms with van der Waals surface area (Å²) in [5, 5.41) is 0. The maximum absolute atomic E-state index is 12.8. The molecule has 5 heteroatoms. The molecule has 0 bridgehead atoms. The smallest absolute Gasteiger partial charge is 0.257 e. The van der Waals surface area contributed by atoms with Gasteiger partial charge in [-0.3, -0.25) is 4.79 Å². The number of hydrogen-bond donors (Lipinski definition) is 0. The zero-order valence-corrected chi connectivity index (χ0v) is 13.7. The SMILES string of the molecule is COc1ccc([C@@H]2CCCN2C(=O)c2ccoc2C)cc1OC. The summed E-state index contributed by atoms with van der Waals surface area (Å²) >= 11 is 0. The van der Waals surface area contributed by atoms with Gasteiger partial charge in [0.05, 0.1) is 32.1 Å². The molecule has 1 aromatic heterocycles. The molecule has 122 valence electrons. The fraction of sp³-hybridized carbons (Fsp3) is 0.389. The molecule has 23 heavy (non-hydrogen) atoms. The van der Waals surface area contributed by atoms with Crippen molar-refractivity contribution in [3.63, 3.8) is 0 Å². The highest BCUT2D eigenvalue weighted by Crippen LogP contribution is 2.37. The molecule has 0 spiro atoms. The van der Waals surface area contributed by atoms with Crippen molar-refractivity contribution >= 4 is 5.91 Å². The van der Waals surface area contributed by atoms with Gasteiger partial charge in [-0.05, 0) is 43.5 Å². The van der Waals surface area contributed by atoms with Gasteiger partial charge in [-0.2, -0.15) is 0 Å². The van der Waals surface area contributed by atoms with Crippen LogP contribution in [-0.4, -0.2) is 31.6 Å². The van der Waals surface area contributed by atoms with Crippen LogP contribution in [0.15, 0.2) is 34.9 Å². The Labute approximate surface area is 135 Å². The van der Waals surface area contributed by atoms with Crippen LogP contribution in [0.4, 0.5) is 0 Å². The van der Waals surface area contributed by atoms with Gasteiger partial charge in [0.1, 0.15) is 5.76 Å². The first-order valence-electron chi connectivity index (χ1n) is 7.72. The number of aryl methyl sites for hydroxylation is 1. The number of methoxy groups -OCH3 is 2. The van der Waals surface area contributed by atoms with Crippen LogP contribution in [0.5, 0.6) is 11.5 Å². The number of amides is 1. The maximum Gasteiger partial charge on any atom is 0.257 e. The number of benzene rings is 1. The summed E-state index contributed by atoms with van der Waals surface area (Å²) in [4.78, 5) is 14.7. The first kappa shape index (κ1) is 15.5. The first-order valence-corrected chi connectivity index (χ1v) is 7.72. The summed E-state index contributed by atoms with van der Waals surface area (Å²) in [6.45, 7) is 2.57. The van der Waals surface area contributed by atoms with E-state index in [0.717, 1.165) is 24.9 Å². The second-order valence-corrected chi connectivity index (χ2v) is 5.66. The van der Waals surface area contributed by atoms with Gasteiger partial charge in [0.15, 0.2) is 11.5 Å². The molecular formula is C18H21NO4. The van der Waals surface area contributed by atoms with Gasteiger partial charge >= 0.3 is 0 Å². The zero-order chi connectivity index (χ0) is 16.4. The highest BCUT2D eigenvalue weighted by molar-refractivity contribution is 5.95. The number of hydrogen-bond acceptors (Lipinski definition) is 4. The van der Waals surface area contributed by atoms with Gasteiger partial charge in [-0.15, -0.1) is 0 Å². The summed E-state index contributed by atoms with van der Waals surface area (Å²) in [5.74, 6) is 2.06. The summed E-state index contributed by atoms with van der Waals surface area (Å²) in [7, 11) is 3.23. The third kappa shape index (κ3) is 2.79. The van der Waals surface area contributed by atoms with E-state index in [-0.39, 0.29) is 11.9 Å². The van der Waals surface area contributed by atoms with Crippen LogP contribution in [-0.2, 0) is 0 Å². The monoisotopic (exact) mass is 315 g/mol. The number of nitrogens with zero attached hydrogens (tertiary/aromatic N) is 1. The van der Waals surface area contributed by atoms with Crippen LogP contribution in [0.1, 0.15) is 40.6 Å². The first-order chi connectivity index (χ1) is 11.2. The standard InChI is InChI=1S/C18H21NO4/c1-12-14(8-10-23-12)18(20)19-9-4-5-15(19)13-6-7-16(21-2)17(11-13)22-3/h6-8,10-11,15H,4-5,9H2,1-3H3/t15-/m0/s1. The van der Waals surface area contributed by atoms with Gasteiger partial charge in [0.2, 0.25) is 0 Å². The summed E-state index contributed by atoms with van der Waals surface area (Å²) in [6.07, 6.45) is 3.49. The lowest BCUT2D eigenvalue weighted by atomic mass is 10.0. The van der Waals surface area contributed by atoms with E-state index in [1.807, 2.05) is 30.0 Å². The van der Waals surface area contributed by atoms with E-state index >= 15 is 0 Å². The third-order valence-corrected chi connectivity index (χ3v) is 4.40. The fourth-order valence-electron chi connectivity index (χ4n) is 3.18. The average Bonchev–Trinajstić information content (AvgIpc) is 3.22. The Bertz CT molecular complexity index is 707. The van der Waals surface area contributed by atoms with E-state index in [1.54, 1.807) is 26.5 Å². The van der Waals surface area contributed by atoms with Gasteiger partial charge in [0.25, 0.3) is 5.91 Å². The minimum Gasteiger partial charge on any atom is -0.493 e. The number of furan rings is 1. The van der Waals surface area contributed by atoms with Crippen molar-refractivity contribution in [2.24, 2.45) is 0 Å². The van der Waals surface area contributed by atoms with Crippen molar-refractivity contribution in [3.8, 4) is 11.5 Å². The summed E-state index contributed by atoms with van der Waals surface area (Å²) < 4.78 is 15.9. The third-order valence-electron chi connectivity index (χ3n) is 4.40. The number of likely N-dealkylation sites (tertiary alicyclic amines) is 1. The minimum atomic E-state index is 0.0218. The van der Waals surface area contributed by atoms with Crippen molar-refractivity contribution in [3.05, 3.63) is 47.4 Å². The van der Waals surface area contributed by atoms with Crippen LogP contribution < -0.4 is 9.47 Å². The molecule has 1 atom stereocenters. The van der Waals surface area contributed by atoms with Gasteiger partial charge in [0, 0.05) is 6.54 Å². The molecule has 0 saturated carbocycles. The zero-order valence-electron chi connectivity index (χ0n) is 13.7.